The molecule has 118 valence electrons. The number of carbonyl (C=O) groups excluding carboxylic acids is 2. The predicted octanol–water partition coefficient (Wildman–Crippen LogP) is 1.44. The Kier molecular flexibility index (Phi) is 4.13. The van der Waals surface area contributed by atoms with Crippen LogP contribution in [0.2, 0.25) is 0 Å². The van der Waals surface area contributed by atoms with Gasteiger partial charge in [-0.15, -0.1) is 0 Å². The van der Waals surface area contributed by atoms with Gasteiger partial charge >= 0.3 is 6.03 Å². The second-order valence-electron chi connectivity index (χ2n) is 5.80. The zero-order chi connectivity index (χ0) is 15.7. The number of ether oxygens (including phenoxy) is 1. The maximum atomic E-state index is 12.7. The van der Waals surface area contributed by atoms with E-state index in [1.807, 2.05) is 31.2 Å². The largest absolute Gasteiger partial charge is 0.379 e. The molecule has 0 bridgehead atoms. The molecule has 0 saturated carbocycles. The number of hydrogen-bond donors (Lipinski definition) is 0. The molecule has 3 amide bonds. The van der Waals surface area contributed by atoms with Crippen molar-refractivity contribution in [3.05, 3.63) is 29.8 Å². The van der Waals surface area contributed by atoms with Crippen molar-refractivity contribution >= 4 is 17.6 Å². The van der Waals surface area contributed by atoms with Gasteiger partial charge in [0.2, 0.25) is 0 Å². The van der Waals surface area contributed by atoms with Crippen LogP contribution in [-0.2, 0) is 9.53 Å². The summed E-state index contributed by atoms with van der Waals surface area (Å²) in [6.45, 7) is 6.90. The van der Waals surface area contributed by atoms with Gasteiger partial charge in [-0.1, -0.05) is 17.7 Å². The number of amides is 3. The summed E-state index contributed by atoms with van der Waals surface area (Å²) in [5.41, 5.74) is 1.89. The van der Waals surface area contributed by atoms with Gasteiger partial charge in [-0.2, -0.15) is 0 Å². The summed E-state index contributed by atoms with van der Waals surface area (Å²) in [6.07, 6.45) is 0. The molecule has 2 aliphatic heterocycles. The zero-order valence-electron chi connectivity index (χ0n) is 13.0. The molecule has 0 spiro atoms. The Morgan fingerprint density at radius 2 is 1.77 bits per heavy atom. The monoisotopic (exact) mass is 303 g/mol. The third-order valence-corrected chi connectivity index (χ3v) is 4.20. The number of anilines is 1. The number of morpholine rings is 1. The number of urea groups is 1. The minimum atomic E-state index is -0.462. The van der Waals surface area contributed by atoms with Gasteiger partial charge in [0.15, 0.2) is 0 Å². The van der Waals surface area contributed by atoms with Crippen molar-refractivity contribution in [3.63, 3.8) is 0 Å². The maximum Gasteiger partial charge on any atom is 0.333 e. The van der Waals surface area contributed by atoms with E-state index in [2.05, 4.69) is 4.90 Å². The number of carbonyl (C=O) groups is 2. The van der Waals surface area contributed by atoms with E-state index in [0.717, 1.165) is 24.3 Å². The second kappa shape index (κ2) is 6.06. The van der Waals surface area contributed by atoms with Crippen LogP contribution in [0.15, 0.2) is 24.3 Å². The van der Waals surface area contributed by atoms with Crippen LogP contribution in [0.1, 0.15) is 12.5 Å². The number of rotatable bonds is 3. The molecule has 1 atom stereocenters. The normalized spacial score (nSPS) is 23.5. The van der Waals surface area contributed by atoms with Crippen LogP contribution in [0.5, 0.6) is 0 Å². The van der Waals surface area contributed by atoms with Crippen LogP contribution in [0.25, 0.3) is 0 Å². The van der Waals surface area contributed by atoms with Gasteiger partial charge in [-0.25, -0.2) is 9.69 Å². The van der Waals surface area contributed by atoms with Crippen LogP contribution in [0.3, 0.4) is 0 Å². The molecule has 0 N–H and O–H groups in total. The first-order chi connectivity index (χ1) is 10.6. The summed E-state index contributed by atoms with van der Waals surface area (Å²) in [4.78, 5) is 30.1. The smallest absolute Gasteiger partial charge is 0.333 e. The molecule has 0 radical (unpaired) electrons. The van der Waals surface area contributed by atoms with Gasteiger partial charge in [0.25, 0.3) is 5.91 Å². The Bertz CT molecular complexity index is 567. The fourth-order valence-electron chi connectivity index (χ4n) is 2.84. The Morgan fingerprint density at radius 3 is 2.41 bits per heavy atom. The van der Waals surface area contributed by atoms with Crippen LogP contribution in [-0.4, -0.2) is 60.8 Å². The molecule has 1 aromatic rings. The van der Waals surface area contributed by atoms with Gasteiger partial charge in [0, 0.05) is 18.8 Å². The van der Waals surface area contributed by atoms with E-state index in [0.29, 0.717) is 19.9 Å². The predicted molar refractivity (Wildman–Crippen MR) is 82.6 cm³/mol. The average molecular weight is 303 g/mol. The van der Waals surface area contributed by atoms with E-state index < -0.39 is 6.04 Å². The first-order valence-corrected chi connectivity index (χ1v) is 7.59. The minimum absolute atomic E-state index is 0.142. The molecule has 2 saturated heterocycles. The maximum absolute atomic E-state index is 12.7. The van der Waals surface area contributed by atoms with Crippen LogP contribution >= 0.6 is 0 Å². The Hall–Kier alpha value is -1.92. The van der Waals surface area contributed by atoms with Crippen molar-refractivity contribution in [3.8, 4) is 0 Å². The summed E-state index contributed by atoms with van der Waals surface area (Å²) >= 11 is 0. The third-order valence-electron chi connectivity index (χ3n) is 4.20. The van der Waals surface area contributed by atoms with E-state index in [-0.39, 0.29) is 11.9 Å². The van der Waals surface area contributed by atoms with Crippen molar-refractivity contribution in [1.82, 2.24) is 9.80 Å². The summed E-state index contributed by atoms with van der Waals surface area (Å²) in [5.74, 6) is -0.142. The van der Waals surface area contributed by atoms with Gasteiger partial charge in [-0.3, -0.25) is 14.6 Å². The molecule has 2 fully saturated rings. The quantitative estimate of drug-likeness (QED) is 0.793. The van der Waals surface area contributed by atoms with Crippen LogP contribution < -0.4 is 4.90 Å². The molecule has 22 heavy (non-hydrogen) atoms. The lowest BCUT2D eigenvalue weighted by Gasteiger charge is -2.29. The summed E-state index contributed by atoms with van der Waals surface area (Å²) in [5, 5.41) is 0. The summed E-state index contributed by atoms with van der Waals surface area (Å²) in [7, 11) is 0. The average Bonchev–Trinajstić information content (AvgIpc) is 2.73. The SMILES string of the molecule is Cc1ccc(N2C(=O)N(CN3CCOCC3)C(=O)[C@@H]2C)cc1. The van der Waals surface area contributed by atoms with Gasteiger partial charge in [0.1, 0.15) is 6.04 Å². The molecule has 6 heteroatoms. The number of imide groups is 1. The highest BCUT2D eigenvalue weighted by Gasteiger charge is 2.43. The van der Waals surface area contributed by atoms with E-state index in [4.69, 9.17) is 4.74 Å². The van der Waals surface area contributed by atoms with Crippen LogP contribution in [0.4, 0.5) is 10.5 Å². The van der Waals surface area contributed by atoms with Crippen molar-refractivity contribution in [2.45, 2.75) is 19.9 Å². The second-order valence-corrected chi connectivity index (χ2v) is 5.80. The minimum Gasteiger partial charge on any atom is -0.379 e. The molecule has 0 unspecified atom stereocenters. The molecular weight excluding hydrogens is 282 g/mol. The van der Waals surface area contributed by atoms with E-state index >= 15 is 0 Å². The lowest BCUT2D eigenvalue weighted by molar-refractivity contribution is -0.129. The van der Waals surface area contributed by atoms with Crippen molar-refractivity contribution in [1.29, 1.82) is 0 Å². The highest BCUT2D eigenvalue weighted by molar-refractivity contribution is 6.14. The number of hydrogen-bond acceptors (Lipinski definition) is 4. The van der Waals surface area contributed by atoms with E-state index in [1.54, 1.807) is 11.8 Å². The topological polar surface area (TPSA) is 53.1 Å². The molecular formula is C16H21N3O3. The zero-order valence-corrected chi connectivity index (χ0v) is 13.0. The Morgan fingerprint density at radius 1 is 1.14 bits per heavy atom. The fraction of sp³-hybridized carbons (Fsp3) is 0.500. The van der Waals surface area contributed by atoms with Crippen molar-refractivity contribution in [2.24, 2.45) is 0 Å². The number of aryl methyl sites for hydroxylation is 1. The first kappa shape index (κ1) is 15.0. The van der Waals surface area contributed by atoms with Gasteiger partial charge < -0.3 is 4.74 Å². The molecule has 0 aliphatic carbocycles. The third kappa shape index (κ3) is 2.71. The molecule has 2 aliphatic rings. The summed E-state index contributed by atoms with van der Waals surface area (Å²) in [6, 6.07) is 6.96. The lowest BCUT2D eigenvalue weighted by Crippen LogP contribution is -2.46. The first-order valence-electron chi connectivity index (χ1n) is 7.59. The lowest BCUT2D eigenvalue weighted by atomic mass is 10.2. The van der Waals surface area contributed by atoms with Crippen molar-refractivity contribution in [2.75, 3.05) is 37.9 Å². The fourth-order valence-corrected chi connectivity index (χ4v) is 2.84. The van der Waals surface area contributed by atoms with Gasteiger partial charge in [-0.05, 0) is 26.0 Å². The van der Waals surface area contributed by atoms with Gasteiger partial charge in [0.05, 0.1) is 19.9 Å². The van der Waals surface area contributed by atoms with E-state index in [9.17, 15) is 9.59 Å². The molecule has 2 heterocycles. The molecule has 0 aromatic heterocycles. The van der Waals surface area contributed by atoms with E-state index in [1.165, 1.54) is 4.90 Å². The number of nitrogens with zero attached hydrogens (tertiary/aromatic N) is 3. The molecule has 6 nitrogen and oxygen atoms in total. The molecule has 1 aromatic carbocycles. The van der Waals surface area contributed by atoms with Crippen LogP contribution in [0, 0.1) is 6.92 Å². The standard InChI is InChI=1S/C16H21N3O3/c1-12-3-5-14(6-4-12)19-13(2)15(20)18(16(19)21)11-17-7-9-22-10-8-17/h3-6,13H,7-11H2,1-2H3/t13-/m0/s1. The highest BCUT2D eigenvalue weighted by Crippen LogP contribution is 2.26. The van der Waals surface area contributed by atoms with Crippen molar-refractivity contribution < 1.29 is 14.3 Å². The summed E-state index contributed by atoms with van der Waals surface area (Å²) < 4.78 is 5.30. The number of benzene rings is 1. The Balaban J connectivity index is 1.77. The Labute approximate surface area is 130 Å². The molecule has 3 rings (SSSR count). The highest BCUT2D eigenvalue weighted by atomic mass is 16.5.